The van der Waals surface area contributed by atoms with Crippen LogP contribution in [0.4, 0.5) is 0 Å². The van der Waals surface area contributed by atoms with Gasteiger partial charge >= 0.3 is 0 Å². The van der Waals surface area contributed by atoms with Gasteiger partial charge in [-0.3, -0.25) is 18.7 Å². The third-order valence-electron chi connectivity index (χ3n) is 3.03. The van der Waals surface area contributed by atoms with Gasteiger partial charge in [-0.05, 0) is 48.5 Å². The normalized spacial score (nSPS) is 11.9. The molecular weight excluding hydrogens is 360 g/mol. The molecular formula is C14H10O8S2. The molecule has 0 aliphatic rings. The summed E-state index contributed by atoms with van der Waals surface area (Å²) in [7, 11) is -8.83. The monoisotopic (exact) mass is 370 g/mol. The number of carbonyl (C=O) groups excluding carboxylic acids is 2. The molecule has 0 aliphatic heterocycles. The van der Waals surface area contributed by atoms with Crippen molar-refractivity contribution in [3.63, 3.8) is 0 Å². The Labute approximate surface area is 137 Å². The zero-order valence-corrected chi connectivity index (χ0v) is 13.4. The standard InChI is InChI=1S/C14H10O8S2/c15-13(9-1-5-11(6-2-9)23(17,18)19)14(16)10-3-7-12(8-4-10)24(20,21)22/h1-8H,(H,17,18,19)(H,20,21,22). The summed E-state index contributed by atoms with van der Waals surface area (Å²) in [6.45, 7) is 0. The van der Waals surface area contributed by atoms with Crippen molar-refractivity contribution in [3.05, 3.63) is 59.7 Å². The molecule has 0 aliphatic carbocycles. The third-order valence-corrected chi connectivity index (χ3v) is 4.77. The Balaban J connectivity index is 2.28. The molecule has 0 unspecified atom stereocenters. The van der Waals surface area contributed by atoms with Gasteiger partial charge in [-0.1, -0.05) is 0 Å². The average molecular weight is 370 g/mol. The molecule has 0 fully saturated rings. The summed E-state index contributed by atoms with van der Waals surface area (Å²) in [5, 5.41) is 0. The van der Waals surface area contributed by atoms with Crippen LogP contribution in [0, 0.1) is 0 Å². The summed E-state index contributed by atoms with van der Waals surface area (Å²) < 4.78 is 61.4. The van der Waals surface area contributed by atoms with Crippen molar-refractivity contribution < 1.29 is 35.5 Å². The van der Waals surface area contributed by atoms with E-state index in [4.69, 9.17) is 9.11 Å². The van der Waals surface area contributed by atoms with Gasteiger partial charge in [0.05, 0.1) is 9.79 Å². The molecule has 0 aromatic heterocycles. The summed E-state index contributed by atoms with van der Waals surface area (Å²) in [6, 6.07) is 8.14. The summed E-state index contributed by atoms with van der Waals surface area (Å²) in [5.41, 5.74) is -0.211. The van der Waals surface area contributed by atoms with Gasteiger partial charge in [0.15, 0.2) is 0 Å². The SMILES string of the molecule is O=C(C(=O)c1ccc(S(=O)(=O)O)cc1)c1ccc(S(=O)(=O)O)cc1. The minimum absolute atomic E-state index is 0.105. The lowest BCUT2D eigenvalue weighted by Gasteiger charge is -2.03. The Morgan fingerprint density at radius 2 is 0.833 bits per heavy atom. The molecule has 0 bridgehead atoms. The van der Waals surface area contributed by atoms with Crippen LogP contribution in [0.1, 0.15) is 20.7 Å². The van der Waals surface area contributed by atoms with Crippen LogP contribution in [0.3, 0.4) is 0 Å². The second-order valence-electron chi connectivity index (χ2n) is 4.66. The molecule has 0 atom stereocenters. The molecule has 0 amide bonds. The number of Topliss-reactive ketones (excluding diaryl/α,β-unsaturated/α-hetero) is 2. The second kappa shape index (κ2) is 6.24. The lowest BCUT2D eigenvalue weighted by molar-refractivity contribution is 0.0817. The van der Waals surface area contributed by atoms with Crippen LogP contribution in [0.15, 0.2) is 58.3 Å². The quantitative estimate of drug-likeness (QED) is 0.455. The van der Waals surface area contributed by atoms with Crippen molar-refractivity contribution in [2.45, 2.75) is 9.79 Å². The van der Waals surface area contributed by atoms with Crippen LogP contribution < -0.4 is 0 Å². The number of carbonyl (C=O) groups is 2. The van der Waals surface area contributed by atoms with Crippen molar-refractivity contribution in [2.24, 2.45) is 0 Å². The molecule has 126 valence electrons. The van der Waals surface area contributed by atoms with Crippen LogP contribution in [-0.2, 0) is 20.2 Å². The van der Waals surface area contributed by atoms with Crippen LogP contribution in [0.2, 0.25) is 0 Å². The van der Waals surface area contributed by atoms with Crippen LogP contribution in [-0.4, -0.2) is 37.5 Å². The van der Waals surface area contributed by atoms with E-state index in [1.165, 1.54) is 0 Å². The number of benzene rings is 2. The zero-order chi connectivity index (χ0) is 18.1. The molecule has 10 heteroatoms. The van der Waals surface area contributed by atoms with Gasteiger partial charge in [0.2, 0.25) is 11.6 Å². The fourth-order valence-corrected chi connectivity index (χ4v) is 2.78. The molecule has 0 saturated carbocycles. The molecule has 0 radical (unpaired) electrons. The van der Waals surface area contributed by atoms with Gasteiger partial charge in [-0.2, -0.15) is 16.8 Å². The van der Waals surface area contributed by atoms with Crippen molar-refractivity contribution in [1.29, 1.82) is 0 Å². The topological polar surface area (TPSA) is 143 Å². The molecule has 8 nitrogen and oxygen atoms in total. The largest absolute Gasteiger partial charge is 0.294 e. The Morgan fingerprint density at radius 1 is 0.583 bits per heavy atom. The number of rotatable bonds is 5. The van der Waals surface area contributed by atoms with E-state index < -0.39 is 41.6 Å². The maximum absolute atomic E-state index is 12.1. The van der Waals surface area contributed by atoms with E-state index in [0.29, 0.717) is 0 Å². The molecule has 0 heterocycles. The van der Waals surface area contributed by atoms with Crippen molar-refractivity contribution in [3.8, 4) is 0 Å². The highest BCUT2D eigenvalue weighted by Gasteiger charge is 2.20. The van der Waals surface area contributed by atoms with Gasteiger partial charge in [-0.15, -0.1) is 0 Å². The third kappa shape index (κ3) is 3.92. The fourth-order valence-electron chi connectivity index (χ4n) is 1.82. The number of ketones is 2. The Hall–Kier alpha value is -2.40. The lowest BCUT2D eigenvalue weighted by Crippen LogP contribution is -2.15. The summed E-state index contributed by atoms with van der Waals surface area (Å²) in [4.78, 5) is 23.3. The van der Waals surface area contributed by atoms with Gasteiger partial charge in [0.1, 0.15) is 0 Å². The minimum atomic E-state index is -4.41. The van der Waals surface area contributed by atoms with E-state index in [-0.39, 0.29) is 11.1 Å². The molecule has 0 saturated heterocycles. The highest BCUT2D eigenvalue weighted by Crippen LogP contribution is 2.15. The molecule has 24 heavy (non-hydrogen) atoms. The van der Waals surface area contributed by atoms with Crippen molar-refractivity contribution >= 4 is 31.8 Å². The Bertz CT molecular complexity index is 916. The van der Waals surface area contributed by atoms with Gasteiger partial charge in [-0.25, -0.2) is 0 Å². The fraction of sp³-hybridized carbons (Fsp3) is 0. The van der Waals surface area contributed by atoms with E-state index in [1.54, 1.807) is 0 Å². The zero-order valence-electron chi connectivity index (χ0n) is 11.8. The smallest absolute Gasteiger partial charge is 0.285 e. The summed E-state index contributed by atoms with van der Waals surface area (Å²) in [6.07, 6.45) is 0. The maximum Gasteiger partial charge on any atom is 0.294 e. The van der Waals surface area contributed by atoms with E-state index in [0.717, 1.165) is 48.5 Å². The van der Waals surface area contributed by atoms with Crippen molar-refractivity contribution in [2.75, 3.05) is 0 Å². The molecule has 2 aromatic rings. The van der Waals surface area contributed by atoms with Gasteiger partial charge in [0, 0.05) is 11.1 Å². The van der Waals surface area contributed by atoms with E-state index in [9.17, 15) is 26.4 Å². The molecule has 2 N–H and O–H groups in total. The molecule has 2 rings (SSSR count). The average Bonchev–Trinajstić information content (AvgIpc) is 2.52. The first kappa shape index (κ1) is 17.9. The van der Waals surface area contributed by atoms with Crippen LogP contribution in [0.25, 0.3) is 0 Å². The van der Waals surface area contributed by atoms with Gasteiger partial charge in [0.25, 0.3) is 20.2 Å². The second-order valence-corrected chi connectivity index (χ2v) is 7.50. The summed E-state index contributed by atoms with van der Waals surface area (Å²) >= 11 is 0. The number of hydrogen-bond donors (Lipinski definition) is 2. The van der Waals surface area contributed by atoms with Crippen molar-refractivity contribution in [1.82, 2.24) is 0 Å². The summed E-state index contributed by atoms with van der Waals surface area (Å²) in [5.74, 6) is -1.90. The van der Waals surface area contributed by atoms with E-state index >= 15 is 0 Å². The van der Waals surface area contributed by atoms with E-state index in [2.05, 4.69) is 0 Å². The molecule has 2 aromatic carbocycles. The van der Waals surface area contributed by atoms with Gasteiger partial charge < -0.3 is 0 Å². The first-order chi connectivity index (χ1) is 11.0. The maximum atomic E-state index is 12.1. The lowest BCUT2D eigenvalue weighted by atomic mass is 10.0. The highest BCUT2D eigenvalue weighted by molar-refractivity contribution is 7.86. The minimum Gasteiger partial charge on any atom is -0.285 e. The number of hydrogen-bond acceptors (Lipinski definition) is 6. The highest BCUT2D eigenvalue weighted by atomic mass is 32.2. The molecule has 0 spiro atoms. The predicted molar refractivity (Wildman–Crippen MR) is 81.2 cm³/mol. The Morgan fingerprint density at radius 3 is 1.04 bits per heavy atom. The van der Waals surface area contributed by atoms with Crippen LogP contribution in [0.5, 0.6) is 0 Å². The van der Waals surface area contributed by atoms with E-state index in [1.807, 2.05) is 0 Å². The first-order valence-electron chi connectivity index (χ1n) is 6.24. The Kier molecular flexibility index (Phi) is 4.67. The first-order valence-corrected chi connectivity index (χ1v) is 9.12. The van der Waals surface area contributed by atoms with Crippen LogP contribution >= 0.6 is 0 Å². The predicted octanol–water partition coefficient (Wildman–Crippen LogP) is 1.25.